The van der Waals surface area contributed by atoms with Gasteiger partial charge in [0.25, 0.3) is 5.56 Å². The maximum atomic E-state index is 13.0. The maximum absolute atomic E-state index is 13.0. The third kappa shape index (κ3) is 6.26. The third-order valence-corrected chi connectivity index (χ3v) is 5.98. The number of nitrogens with zero attached hydrogens (tertiary/aromatic N) is 3. The van der Waals surface area contributed by atoms with Crippen LogP contribution in [0.15, 0.2) is 59.7 Å². The molecule has 0 aliphatic heterocycles. The van der Waals surface area contributed by atoms with Crippen LogP contribution in [0.1, 0.15) is 54.0 Å². The molecule has 0 unspecified atom stereocenters. The molecule has 2 heterocycles. The van der Waals surface area contributed by atoms with Crippen molar-refractivity contribution >= 4 is 11.5 Å². The molecule has 2 aromatic heterocycles. The molecule has 0 aliphatic rings. The van der Waals surface area contributed by atoms with Gasteiger partial charge in [0.15, 0.2) is 0 Å². The van der Waals surface area contributed by atoms with Crippen molar-refractivity contribution in [3.8, 4) is 11.3 Å². The van der Waals surface area contributed by atoms with Crippen LogP contribution in [0, 0.1) is 12.8 Å². The molecule has 178 valence electrons. The van der Waals surface area contributed by atoms with E-state index in [1.165, 1.54) is 12.1 Å². The summed E-state index contributed by atoms with van der Waals surface area (Å²) >= 11 is 0. The molecule has 1 atom stereocenters. The summed E-state index contributed by atoms with van der Waals surface area (Å²) in [5.74, 6) is 0.226. The summed E-state index contributed by atoms with van der Waals surface area (Å²) in [6, 6.07) is 11.0. The number of nitrogens with one attached hydrogen (secondary N) is 1. The van der Waals surface area contributed by atoms with Crippen LogP contribution in [-0.4, -0.2) is 27.4 Å². The molecular formula is C27H33N5O2. The van der Waals surface area contributed by atoms with Crippen molar-refractivity contribution in [2.45, 2.75) is 46.7 Å². The Morgan fingerprint density at radius 3 is 2.62 bits per heavy atom. The number of ketones is 1. The first kappa shape index (κ1) is 25.1. The van der Waals surface area contributed by atoms with Crippen molar-refractivity contribution in [1.29, 1.82) is 0 Å². The number of allylic oxidation sites excluding steroid dienone is 1. The highest BCUT2D eigenvalue weighted by atomic mass is 16.1. The zero-order valence-electron chi connectivity index (χ0n) is 20.3. The highest BCUT2D eigenvalue weighted by molar-refractivity contribution is 6.07. The van der Waals surface area contributed by atoms with E-state index in [-0.39, 0.29) is 17.0 Å². The SMILES string of the molecule is CC[C@H](C)CCn1cc(-c2cnc(C)c(C(=O)C=C(N)c3ccc(CNC)cc3)n2)ccc1=O. The minimum Gasteiger partial charge on any atom is -0.398 e. The molecule has 0 saturated carbocycles. The monoisotopic (exact) mass is 459 g/mol. The van der Waals surface area contributed by atoms with Crippen molar-refractivity contribution in [2.24, 2.45) is 11.7 Å². The van der Waals surface area contributed by atoms with Gasteiger partial charge < -0.3 is 15.6 Å². The van der Waals surface area contributed by atoms with Gasteiger partial charge >= 0.3 is 0 Å². The van der Waals surface area contributed by atoms with Crippen molar-refractivity contribution in [3.05, 3.63) is 87.7 Å². The molecule has 0 bridgehead atoms. The minimum absolute atomic E-state index is 0.0557. The molecule has 0 aliphatic carbocycles. The number of pyridine rings is 1. The van der Waals surface area contributed by atoms with Crippen LogP contribution in [0.4, 0.5) is 0 Å². The summed E-state index contributed by atoms with van der Waals surface area (Å²) in [7, 11) is 1.89. The summed E-state index contributed by atoms with van der Waals surface area (Å²) in [5.41, 5.74) is 10.4. The molecule has 0 amide bonds. The zero-order chi connectivity index (χ0) is 24.7. The highest BCUT2D eigenvalue weighted by Crippen LogP contribution is 2.19. The van der Waals surface area contributed by atoms with Gasteiger partial charge in [-0.15, -0.1) is 0 Å². The fourth-order valence-electron chi connectivity index (χ4n) is 3.56. The first-order valence-corrected chi connectivity index (χ1v) is 11.6. The van der Waals surface area contributed by atoms with E-state index in [1.54, 1.807) is 30.0 Å². The Morgan fingerprint density at radius 1 is 1.21 bits per heavy atom. The van der Waals surface area contributed by atoms with E-state index in [2.05, 4.69) is 29.1 Å². The molecule has 1 aromatic carbocycles. The van der Waals surface area contributed by atoms with Crippen molar-refractivity contribution in [1.82, 2.24) is 19.9 Å². The van der Waals surface area contributed by atoms with Crippen LogP contribution in [0.25, 0.3) is 17.0 Å². The van der Waals surface area contributed by atoms with Gasteiger partial charge in [-0.1, -0.05) is 44.5 Å². The number of carbonyl (C=O) groups excluding carboxylic acids is 1. The van der Waals surface area contributed by atoms with E-state index in [0.29, 0.717) is 29.5 Å². The van der Waals surface area contributed by atoms with Crippen LogP contribution in [0.3, 0.4) is 0 Å². The van der Waals surface area contributed by atoms with Crippen LogP contribution in [0.2, 0.25) is 0 Å². The van der Waals surface area contributed by atoms with Gasteiger partial charge in [-0.25, -0.2) is 4.98 Å². The van der Waals surface area contributed by atoms with Gasteiger partial charge in [0.1, 0.15) is 5.69 Å². The molecule has 3 N–H and O–H groups in total. The highest BCUT2D eigenvalue weighted by Gasteiger charge is 2.14. The molecule has 3 rings (SSSR count). The topological polar surface area (TPSA) is 103 Å². The summed E-state index contributed by atoms with van der Waals surface area (Å²) in [6.45, 7) is 7.46. The lowest BCUT2D eigenvalue weighted by Crippen LogP contribution is -2.19. The summed E-state index contributed by atoms with van der Waals surface area (Å²) in [6.07, 6.45) is 6.79. The summed E-state index contributed by atoms with van der Waals surface area (Å²) in [4.78, 5) is 34.3. The van der Waals surface area contributed by atoms with E-state index < -0.39 is 0 Å². The Balaban J connectivity index is 1.86. The van der Waals surface area contributed by atoms with Gasteiger partial charge in [0, 0.05) is 42.7 Å². The molecule has 0 fully saturated rings. The summed E-state index contributed by atoms with van der Waals surface area (Å²) < 4.78 is 1.69. The van der Waals surface area contributed by atoms with E-state index in [1.807, 2.05) is 31.3 Å². The first-order chi connectivity index (χ1) is 16.3. The molecule has 7 nitrogen and oxygen atoms in total. The number of carbonyl (C=O) groups is 1. The van der Waals surface area contributed by atoms with Crippen molar-refractivity contribution in [2.75, 3.05) is 7.05 Å². The predicted octanol–water partition coefficient (Wildman–Crippen LogP) is 3.95. The van der Waals surface area contributed by atoms with Crippen LogP contribution in [-0.2, 0) is 13.1 Å². The van der Waals surface area contributed by atoms with Gasteiger partial charge in [0.05, 0.1) is 17.6 Å². The molecule has 0 spiro atoms. The fourth-order valence-corrected chi connectivity index (χ4v) is 3.56. The second kappa shape index (κ2) is 11.5. The van der Waals surface area contributed by atoms with E-state index >= 15 is 0 Å². The van der Waals surface area contributed by atoms with Gasteiger partial charge in [-0.05, 0) is 43.5 Å². The lowest BCUT2D eigenvalue weighted by Gasteiger charge is -2.12. The maximum Gasteiger partial charge on any atom is 0.250 e. The molecule has 3 aromatic rings. The van der Waals surface area contributed by atoms with Crippen LogP contribution < -0.4 is 16.6 Å². The number of rotatable bonds is 10. The van der Waals surface area contributed by atoms with E-state index in [4.69, 9.17) is 5.73 Å². The lowest BCUT2D eigenvalue weighted by atomic mass is 10.1. The Labute approximate surface area is 200 Å². The van der Waals surface area contributed by atoms with Gasteiger partial charge in [0.2, 0.25) is 5.78 Å². The predicted molar refractivity (Wildman–Crippen MR) is 136 cm³/mol. The van der Waals surface area contributed by atoms with Crippen molar-refractivity contribution in [3.63, 3.8) is 0 Å². The minimum atomic E-state index is -0.311. The Hall–Kier alpha value is -3.58. The average molecular weight is 460 g/mol. The Morgan fingerprint density at radius 2 is 1.94 bits per heavy atom. The second-order valence-corrected chi connectivity index (χ2v) is 8.63. The number of nitrogens with two attached hydrogens (primary N) is 1. The van der Waals surface area contributed by atoms with E-state index in [0.717, 1.165) is 36.1 Å². The zero-order valence-corrected chi connectivity index (χ0v) is 20.3. The number of aromatic nitrogens is 3. The molecular weight excluding hydrogens is 426 g/mol. The van der Waals surface area contributed by atoms with Gasteiger partial charge in [-0.2, -0.15) is 0 Å². The first-order valence-electron chi connectivity index (χ1n) is 11.6. The summed E-state index contributed by atoms with van der Waals surface area (Å²) in [5, 5.41) is 3.10. The average Bonchev–Trinajstić information content (AvgIpc) is 2.84. The largest absolute Gasteiger partial charge is 0.398 e. The number of hydrogen-bond acceptors (Lipinski definition) is 6. The Kier molecular flexibility index (Phi) is 8.49. The Bertz CT molecular complexity index is 1230. The van der Waals surface area contributed by atoms with Crippen LogP contribution in [0.5, 0.6) is 0 Å². The normalized spacial score (nSPS) is 12.5. The molecule has 34 heavy (non-hydrogen) atoms. The smallest absolute Gasteiger partial charge is 0.250 e. The molecule has 0 radical (unpaired) electrons. The van der Waals surface area contributed by atoms with E-state index in [9.17, 15) is 9.59 Å². The fraction of sp³-hybridized carbons (Fsp3) is 0.333. The molecule has 0 saturated heterocycles. The van der Waals surface area contributed by atoms with Crippen LogP contribution >= 0.6 is 0 Å². The quantitative estimate of drug-likeness (QED) is 0.351. The van der Waals surface area contributed by atoms with Gasteiger partial charge in [-0.3, -0.25) is 14.6 Å². The number of aryl methyl sites for hydroxylation is 2. The van der Waals surface area contributed by atoms with Crippen molar-refractivity contribution < 1.29 is 4.79 Å². The second-order valence-electron chi connectivity index (χ2n) is 8.63. The third-order valence-electron chi connectivity index (χ3n) is 5.98. The number of benzene rings is 1. The lowest BCUT2D eigenvalue weighted by molar-refractivity contribution is 0.104. The number of hydrogen-bond donors (Lipinski definition) is 2. The standard InChI is InChI=1S/C27H33N5O2/c1-5-18(2)12-13-32-17-22(10-11-26(32)34)24-16-30-19(3)27(31-24)25(33)14-23(28)21-8-6-20(7-9-21)15-29-4/h6-11,14,16-18,29H,5,12-13,15,28H2,1-4H3/t18-/m0/s1. The molecule has 7 heteroatoms.